The molecular weight excluding hydrogens is 284 g/mol. The molecule has 21 heavy (non-hydrogen) atoms. The third-order valence-corrected chi connectivity index (χ3v) is 5.80. The van der Waals surface area contributed by atoms with Gasteiger partial charge in [0.15, 0.2) is 0 Å². The zero-order valence-corrected chi connectivity index (χ0v) is 13.5. The quantitative estimate of drug-likeness (QED) is 0.693. The SMILES string of the molecule is C[C@H]1[C@@H]2Cc3ccc(O)cc3[C@@]1(C)CC[NH+]2CCC#N.[Cl-]. The van der Waals surface area contributed by atoms with Crippen LogP contribution >= 0.6 is 0 Å². The second-order valence-electron chi connectivity index (χ2n) is 6.67. The standard InChI is InChI=1S/C17H22N2O.ClH/c1-12-16-10-13-4-5-14(20)11-15(13)17(12,2)6-9-19(16)8-3-7-18;/h4-5,11-12,16,20H,3,6,8-10H2,1-2H3;1H/t12-,16-,17-;/m0./s1. The van der Waals surface area contributed by atoms with Crippen molar-refractivity contribution in [3.05, 3.63) is 29.3 Å². The minimum absolute atomic E-state index is 0. The van der Waals surface area contributed by atoms with Gasteiger partial charge < -0.3 is 22.4 Å². The Morgan fingerprint density at radius 3 is 2.95 bits per heavy atom. The summed E-state index contributed by atoms with van der Waals surface area (Å²) >= 11 is 0. The molecule has 3 nitrogen and oxygen atoms in total. The highest BCUT2D eigenvalue weighted by Gasteiger charge is 2.50. The fourth-order valence-corrected chi connectivity index (χ4v) is 4.37. The van der Waals surface area contributed by atoms with E-state index in [0.717, 1.165) is 25.9 Å². The van der Waals surface area contributed by atoms with Crippen molar-refractivity contribution in [3.63, 3.8) is 0 Å². The normalized spacial score (nSPS) is 33.5. The fourth-order valence-electron chi connectivity index (χ4n) is 4.37. The number of likely N-dealkylation sites (tertiary alicyclic amines) is 1. The van der Waals surface area contributed by atoms with Crippen LogP contribution in [0.25, 0.3) is 0 Å². The average molecular weight is 307 g/mol. The first-order valence-corrected chi connectivity index (χ1v) is 7.60. The van der Waals surface area contributed by atoms with E-state index in [4.69, 9.17) is 5.26 Å². The molecule has 4 atom stereocenters. The second-order valence-corrected chi connectivity index (χ2v) is 6.67. The van der Waals surface area contributed by atoms with Crippen molar-refractivity contribution < 1.29 is 22.4 Å². The van der Waals surface area contributed by atoms with Gasteiger partial charge in [0.1, 0.15) is 5.75 Å². The number of nitrogens with zero attached hydrogens (tertiary/aromatic N) is 1. The Balaban J connectivity index is 0.00000161. The van der Waals surface area contributed by atoms with Gasteiger partial charge in [-0.25, -0.2) is 0 Å². The van der Waals surface area contributed by atoms with Gasteiger partial charge in [-0.3, -0.25) is 0 Å². The predicted octanol–water partition coefficient (Wildman–Crippen LogP) is -1.58. The molecule has 0 radical (unpaired) electrons. The zero-order chi connectivity index (χ0) is 14.3. The first-order valence-electron chi connectivity index (χ1n) is 7.60. The molecule has 3 rings (SSSR count). The van der Waals surface area contributed by atoms with Gasteiger partial charge >= 0.3 is 0 Å². The molecule has 114 valence electrons. The highest BCUT2D eigenvalue weighted by molar-refractivity contribution is 5.43. The number of benzene rings is 1. The molecule has 1 aromatic carbocycles. The van der Waals surface area contributed by atoms with Gasteiger partial charge in [-0.1, -0.05) is 19.9 Å². The Morgan fingerprint density at radius 1 is 1.48 bits per heavy atom. The summed E-state index contributed by atoms with van der Waals surface area (Å²) in [7, 11) is 0. The zero-order valence-electron chi connectivity index (χ0n) is 12.7. The van der Waals surface area contributed by atoms with Gasteiger partial charge in [-0.2, -0.15) is 5.26 Å². The Labute approximate surface area is 133 Å². The van der Waals surface area contributed by atoms with Crippen molar-refractivity contribution in [1.29, 1.82) is 5.26 Å². The molecule has 1 aliphatic carbocycles. The van der Waals surface area contributed by atoms with Gasteiger partial charge in [0.2, 0.25) is 0 Å². The van der Waals surface area contributed by atoms with Crippen molar-refractivity contribution in [2.75, 3.05) is 13.1 Å². The molecule has 1 fully saturated rings. The van der Waals surface area contributed by atoms with Crippen LogP contribution in [-0.4, -0.2) is 24.2 Å². The molecule has 2 N–H and O–H groups in total. The number of phenols is 1. The molecule has 0 aromatic heterocycles. The summed E-state index contributed by atoms with van der Waals surface area (Å²) in [5, 5.41) is 18.6. The van der Waals surface area contributed by atoms with Crippen molar-refractivity contribution in [3.8, 4) is 11.8 Å². The van der Waals surface area contributed by atoms with E-state index >= 15 is 0 Å². The van der Waals surface area contributed by atoms with Gasteiger partial charge in [0, 0.05) is 24.2 Å². The van der Waals surface area contributed by atoms with Gasteiger partial charge in [0.05, 0.1) is 31.6 Å². The molecule has 1 unspecified atom stereocenters. The topological polar surface area (TPSA) is 48.5 Å². The van der Waals surface area contributed by atoms with Crippen molar-refractivity contribution in [2.24, 2.45) is 5.92 Å². The number of phenolic OH excluding ortho intramolecular Hbond substituents is 1. The summed E-state index contributed by atoms with van der Waals surface area (Å²) in [6, 6.07) is 8.77. The monoisotopic (exact) mass is 306 g/mol. The third-order valence-electron chi connectivity index (χ3n) is 5.80. The first kappa shape index (κ1) is 16.1. The number of hydrogen-bond donors (Lipinski definition) is 2. The Bertz CT molecular complexity index is 568. The minimum Gasteiger partial charge on any atom is -1.00 e. The van der Waals surface area contributed by atoms with E-state index in [1.165, 1.54) is 11.1 Å². The van der Waals surface area contributed by atoms with Crippen LogP contribution in [0.5, 0.6) is 5.75 Å². The molecular formula is C17H23ClN2O. The summed E-state index contributed by atoms with van der Waals surface area (Å²) in [5.41, 5.74) is 2.91. The maximum Gasteiger partial charge on any atom is 0.115 e. The third kappa shape index (κ3) is 2.52. The average Bonchev–Trinajstić information content (AvgIpc) is 2.43. The summed E-state index contributed by atoms with van der Waals surface area (Å²) in [6.45, 7) is 6.81. The van der Waals surface area contributed by atoms with Crippen LogP contribution in [0.2, 0.25) is 0 Å². The number of hydrogen-bond acceptors (Lipinski definition) is 2. The summed E-state index contributed by atoms with van der Waals surface area (Å²) < 4.78 is 0. The maximum atomic E-state index is 9.81. The van der Waals surface area contributed by atoms with Crippen molar-refractivity contribution in [1.82, 2.24) is 0 Å². The van der Waals surface area contributed by atoms with Crippen LogP contribution in [0.3, 0.4) is 0 Å². The first-order chi connectivity index (χ1) is 9.56. The lowest BCUT2D eigenvalue weighted by Gasteiger charge is -2.52. The molecule has 1 aliphatic heterocycles. The molecule has 0 spiro atoms. The van der Waals surface area contributed by atoms with Crippen molar-refractivity contribution in [2.45, 2.75) is 44.6 Å². The minimum atomic E-state index is 0. The van der Waals surface area contributed by atoms with Crippen LogP contribution in [-0.2, 0) is 11.8 Å². The number of rotatable bonds is 2. The fraction of sp³-hybridized carbons (Fsp3) is 0.588. The van der Waals surface area contributed by atoms with Gasteiger partial charge in [-0.05, 0) is 23.3 Å². The lowest BCUT2D eigenvalue weighted by atomic mass is 9.59. The van der Waals surface area contributed by atoms with Crippen LogP contribution in [0.1, 0.15) is 37.8 Å². The highest BCUT2D eigenvalue weighted by Crippen LogP contribution is 2.45. The Morgan fingerprint density at radius 2 is 2.24 bits per heavy atom. The lowest BCUT2D eigenvalue weighted by Crippen LogP contribution is -3.18. The molecule has 0 amide bonds. The van der Waals surface area contributed by atoms with Crippen LogP contribution in [0.15, 0.2) is 18.2 Å². The van der Waals surface area contributed by atoms with Crippen LogP contribution in [0.4, 0.5) is 0 Å². The molecule has 2 bridgehead atoms. The molecule has 1 heterocycles. The van der Waals surface area contributed by atoms with Crippen molar-refractivity contribution >= 4 is 0 Å². The number of nitrogens with one attached hydrogen (secondary N) is 1. The molecule has 1 saturated heterocycles. The number of fused-ring (bicyclic) bond motifs is 4. The maximum absolute atomic E-state index is 9.81. The number of quaternary nitrogens is 1. The van der Waals surface area contributed by atoms with Crippen LogP contribution in [0, 0.1) is 17.2 Å². The van der Waals surface area contributed by atoms with E-state index in [0.29, 0.717) is 24.1 Å². The van der Waals surface area contributed by atoms with E-state index in [1.807, 2.05) is 12.1 Å². The van der Waals surface area contributed by atoms with E-state index in [2.05, 4.69) is 26.0 Å². The van der Waals surface area contributed by atoms with Gasteiger partial charge in [-0.15, -0.1) is 0 Å². The largest absolute Gasteiger partial charge is 1.00 e. The van der Waals surface area contributed by atoms with E-state index in [9.17, 15) is 5.11 Å². The number of aromatic hydroxyl groups is 1. The molecule has 0 saturated carbocycles. The Hall–Kier alpha value is -1.24. The molecule has 4 heteroatoms. The smallest absolute Gasteiger partial charge is 0.115 e. The summed E-state index contributed by atoms with van der Waals surface area (Å²) in [4.78, 5) is 1.59. The summed E-state index contributed by atoms with van der Waals surface area (Å²) in [6.07, 6.45) is 2.87. The Kier molecular flexibility index (Phi) is 4.51. The second kappa shape index (κ2) is 5.87. The predicted molar refractivity (Wildman–Crippen MR) is 77.7 cm³/mol. The van der Waals surface area contributed by atoms with E-state index in [-0.39, 0.29) is 17.8 Å². The highest BCUT2D eigenvalue weighted by atomic mass is 35.5. The molecule has 2 aliphatic rings. The number of piperidine rings is 1. The summed E-state index contributed by atoms with van der Waals surface area (Å²) in [5.74, 6) is 0.981. The molecule has 1 aromatic rings. The van der Waals surface area contributed by atoms with E-state index < -0.39 is 0 Å². The lowest BCUT2D eigenvalue weighted by molar-refractivity contribution is -0.936. The van der Waals surface area contributed by atoms with Crippen LogP contribution < -0.4 is 17.3 Å². The number of halogens is 1. The number of nitriles is 1. The van der Waals surface area contributed by atoms with E-state index in [1.54, 1.807) is 4.90 Å². The van der Waals surface area contributed by atoms with Gasteiger partial charge in [0.25, 0.3) is 0 Å².